The molecule has 1 saturated heterocycles. The number of hydrogen-bond donors (Lipinski definition) is 1. The molecule has 1 aliphatic heterocycles. The first-order valence-corrected chi connectivity index (χ1v) is 8.17. The number of likely N-dealkylation sites (tertiary alicyclic amines) is 1. The minimum Gasteiger partial charge on any atom is -0.341 e. The third-order valence-corrected chi connectivity index (χ3v) is 4.14. The highest BCUT2D eigenvalue weighted by atomic mass is 19.2. The van der Waals surface area contributed by atoms with Crippen LogP contribution in [0.4, 0.5) is 18.9 Å². The number of benzene rings is 1. The van der Waals surface area contributed by atoms with E-state index in [0.717, 1.165) is 25.0 Å². The van der Waals surface area contributed by atoms with Gasteiger partial charge in [-0.3, -0.25) is 14.5 Å². The highest BCUT2D eigenvalue weighted by molar-refractivity contribution is 5.92. The van der Waals surface area contributed by atoms with Crippen LogP contribution in [-0.4, -0.2) is 54.8 Å². The topological polar surface area (TPSA) is 52.7 Å². The first-order valence-electron chi connectivity index (χ1n) is 8.17. The molecule has 8 heteroatoms. The van der Waals surface area contributed by atoms with Gasteiger partial charge in [-0.2, -0.15) is 0 Å². The monoisotopic (exact) mass is 357 g/mol. The highest BCUT2D eigenvalue weighted by Gasteiger charge is 2.22. The van der Waals surface area contributed by atoms with E-state index in [1.165, 1.54) is 4.90 Å². The quantitative estimate of drug-likeness (QED) is 0.823. The van der Waals surface area contributed by atoms with Crippen molar-refractivity contribution in [3.63, 3.8) is 0 Å². The zero-order valence-corrected chi connectivity index (χ0v) is 14.3. The van der Waals surface area contributed by atoms with Crippen LogP contribution in [0.1, 0.15) is 19.8 Å². The molecular weight excluding hydrogens is 335 g/mol. The molecule has 5 nitrogen and oxygen atoms in total. The molecule has 138 valence electrons. The van der Waals surface area contributed by atoms with Crippen LogP contribution in [0.25, 0.3) is 0 Å². The van der Waals surface area contributed by atoms with Crippen molar-refractivity contribution in [3.05, 3.63) is 29.6 Å². The fourth-order valence-corrected chi connectivity index (χ4v) is 2.86. The van der Waals surface area contributed by atoms with E-state index in [0.29, 0.717) is 19.0 Å². The molecule has 0 aromatic heterocycles. The third-order valence-electron chi connectivity index (χ3n) is 4.14. The number of likely N-dealkylation sites (N-methyl/N-ethyl adjacent to an activating group) is 1. The maximum atomic E-state index is 13.5. The number of anilines is 1. The zero-order valence-electron chi connectivity index (χ0n) is 14.3. The van der Waals surface area contributed by atoms with Gasteiger partial charge in [-0.05, 0) is 37.9 Å². The molecule has 0 saturated carbocycles. The summed E-state index contributed by atoms with van der Waals surface area (Å²) in [6, 6.07) is 1.69. The minimum atomic E-state index is -1.64. The van der Waals surface area contributed by atoms with E-state index in [2.05, 4.69) is 12.2 Å². The van der Waals surface area contributed by atoms with Gasteiger partial charge >= 0.3 is 0 Å². The molecule has 0 unspecified atom stereocenters. The van der Waals surface area contributed by atoms with E-state index in [9.17, 15) is 22.8 Å². The van der Waals surface area contributed by atoms with Gasteiger partial charge in [0, 0.05) is 13.1 Å². The molecule has 1 heterocycles. The molecule has 0 radical (unpaired) electrons. The molecule has 0 aliphatic carbocycles. The molecule has 1 aromatic rings. The maximum absolute atomic E-state index is 13.5. The van der Waals surface area contributed by atoms with Gasteiger partial charge in [0.05, 0.1) is 18.8 Å². The van der Waals surface area contributed by atoms with Gasteiger partial charge in [0.25, 0.3) is 0 Å². The number of piperidine rings is 1. The molecule has 25 heavy (non-hydrogen) atoms. The Kier molecular flexibility index (Phi) is 6.41. The summed E-state index contributed by atoms with van der Waals surface area (Å²) in [6.07, 6.45) is 2.06. The summed E-state index contributed by atoms with van der Waals surface area (Å²) in [6.45, 7) is 3.39. The molecule has 1 aliphatic rings. The number of carbonyl (C=O) groups excluding carboxylic acids is 2. The number of carbonyl (C=O) groups is 2. The van der Waals surface area contributed by atoms with Gasteiger partial charge in [-0.25, -0.2) is 13.2 Å². The minimum absolute atomic E-state index is 0.0560. The van der Waals surface area contributed by atoms with Crippen LogP contribution in [0, 0.1) is 23.4 Å². The van der Waals surface area contributed by atoms with Gasteiger partial charge < -0.3 is 10.2 Å². The van der Waals surface area contributed by atoms with E-state index < -0.39 is 29.0 Å². The average molecular weight is 357 g/mol. The van der Waals surface area contributed by atoms with Crippen LogP contribution in [-0.2, 0) is 9.59 Å². The lowest BCUT2D eigenvalue weighted by atomic mass is 10.0. The van der Waals surface area contributed by atoms with Crippen molar-refractivity contribution in [2.24, 2.45) is 5.92 Å². The Bertz CT molecular complexity index is 654. The van der Waals surface area contributed by atoms with Crippen LogP contribution >= 0.6 is 0 Å². The van der Waals surface area contributed by atoms with Gasteiger partial charge in [-0.1, -0.05) is 6.92 Å². The zero-order chi connectivity index (χ0) is 18.6. The normalized spacial score (nSPS) is 17.7. The Morgan fingerprint density at radius 2 is 1.96 bits per heavy atom. The Labute approximate surface area is 144 Å². The molecule has 1 N–H and O–H groups in total. The van der Waals surface area contributed by atoms with Crippen LogP contribution in [0.5, 0.6) is 0 Å². The summed E-state index contributed by atoms with van der Waals surface area (Å²) in [5.41, 5.74) is -0.437. The number of nitrogens with zero attached hydrogens (tertiary/aromatic N) is 2. The number of amides is 2. The Morgan fingerprint density at radius 1 is 1.24 bits per heavy atom. The van der Waals surface area contributed by atoms with Crippen molar-refractivity contribution >= 4 is 17.5 Å². The highest BCUT2D eigenvalue weighted by Crippen LogP contribution is 2.19. The van der Waals surface area contributed by atoms with Gasteiger partial charge in [0.1, 0.15) is 0 Å². The van der Waals surface area contributed by atoms with Crippen molar-refractivity contribution in [1.82, 2.24) is 9.80 Å². The second-order valence-corrected chi connectivity index (χ2v) is 6.53. The summed E-state index contributed by atoms with van der Waals surface area (Å²) in [7, 11) is 1.59. The smallest absolute Gasteiger partial charge is 0.238 e. The van der Waals surface area contributed by atoms with E-state index in [1.807, 2.05) is 0 Å². The molecule has 2 amide bonds. The Morgan fingerprint density at radius 3 is 2.64 bits per heavy atom. The summed E-state index contributed by atoms with van der Waals surface area (Å²) in [4.78, 5) is 27.4. The molecule has 0 bridgehead atoms. The lowest BCUT2D eigenvalue weighted by Gasteiger charge is -2.32. The predicted molar refractivity (Wildman–Crippen MR) is 87.4 cm³/mol. The SMILES string of the molecule is C[C@H]1CCCN(C(=O)CN(C)CC(=O)Nc2ccc(F)c(F)c2F)C1. The molecule has 1 atom stereocenters. The standard InChI is InChI=1S/C17H22F3N3O2/c1-11-4-3-7-23(8-11)15(25)10-22(2)9-14(24)21-13-6-5-12(18)16(19)17(13)20/h5-6,11H,3-4,7-10H2,1-2H3,(H,21,24)/t11-/m0/s1. The van der Waals surface area contributed by atoms with E-state index in [1.54, 1.807) is 11.9 Å². The lowest BCUT2D eigenvalue weighted by molar-refractivity contribution is -0.134. The first kappa shape index (κ1) is 19.2. The Balaban J connectivity index is 1.86. The molecular formula is C17H22F3N3O2. The third kappa shape index (κ3) is 5.19. The first-order chi connectivity index (χ1) is 11.8. The second kappa shape index (κ2) is 8.33. The summed E-state index contributed by atoms with van der Waals surface area (Å²) >= 11 is 0. The van der Waals surface area contributed by atoms with Crippen LogP contribution in [0.15, 0.2) is 12.1 Å². The Hall–Kier alpha value is -2.09. The molecule has 1 aromatic carbocycles. The van der Waals surface area contributed by atoms with Crippen molar-refractivity contribution in [2.75, 3.05) is 38.5 Å². The van der Waals surface area contributed by atoms with Crippen LogP contribution < -0.4 is 5.32 Å². The molecule has 1 fully saturated rings. The van der Waals surface area contributed by atoms with Crippen LogP contribution in [0.3, 0.4) is 0 Å². The number of rotatable bonds is 5. The van der Waals surface area contributed by atoms with Crippen molar-refractivity contribution in [3.8, 4) is 0 Å². The fraction of sp³-hybridized carbons (Fsp3) is 0.529. The second-order valence-electron chi connectivity index (χ2n) is 6.53. The van der Waals surface area contributed by atoms with E-state index in [4.69, 9.17) is 0 Å². The largest absolute Gasteiger partial charge is 0.341 e. The number of hydrogen-bond acceptors (Lipinski definition) is 3. The van der Waals surface area contributed by atoms with Crippen molar-refractivity contribution < 1.29 is 22.8 Å². The number of nitrogens with one attached hydrogen (secondary N) is 1. The van der Waals surface area contributed by atoms with E-state index in [-0.39, 0.29) is 19.0 Å². The summed E-state index contributed by atoms with van der Waals surface area (Å²) in [5.74, 6) is -4.64. The summed E-state index contributed by atoms with van der Waals surface area (Å²) < 4.78 is 39.6. The van der Waals surface area contributed by atoms with E-state index >= 15 is 0 Å². The van der Waals surface area contributed by atoms with Crippen molar-refractivity contribution in [1.29, 1.82) is 0 Å². The van der Waals surface area contributed by atoms with Gasteiger partial charge in [0.2, 0.25) is 11.8 Å². The molecule has 2 rings (SSSR count). The molecule has 0 spiro atoms. The average Bonchev–Trinajstić information content (AvgIpc) is 2.55. The van der Waals surface area contributed by atoms with Gasteiger partial charge in [-0.15, -0.1) is 0 Å². The van der Waals surface area contributed by atoms with Gasteiger partial charge in [0.15, 0.2) is 17.5 Å². The van der Waals surface area contributed by atoms with Crippen LogP contribution in [0.2, 0.25) is 0 Å². The lowest BCUT2D eigenvalue weighted by Crippen LogP contribution is -2.45. The summed E-state index contributed by atoms with van der Waals surface area (Å²) in [5, 5.41) is 2.18. The fourth-order valence-electron chi connectivity index (χ4n) is 2.86. The number of halogens is 3. The van der Waals surface area contributed by atoms with Crippen molar-refractivity contribution in [2.45, 2.75) is 19.8 Å². The maximum Gasteiger partial charge on any atom is 0.238 e. The predicted octanol–water partition coefficient (Wildman–Crippen LogP) is 2.23.